The molecule has 1 aromatic heterocycles. The lowest BCUT2D eigenvalue weighted by Gasteiger charge is -2.30. The Morgan fingerprint density at radius 2 is 2.12 bits per heavy atom. The fraction of sp³-hybridized carbons (Fsp3) is 0.440. The summed E-state index contributed by atoms with van der Waals surface area (Å²) in [6.45, 7) is 7.11. The van der Waals surface area contributed by atoms with Crippen molar-refractivity contribution in [2.75, 3.05) is 13.7 Å². The highest BCUT2D eigenvalue weighted by Gasteiger charge is 2.28. The number of carbonyl (C=O) groups excluding carboxylic acids is 2. The number of nitrogens with one attached hydrogen (secondary N) is 1. The van der Waals surface area contributed by atoms with Gasteiger partial charge in [-0.25, -0.2) is 0 Å². The normalized spacial score (nSPS) is 14.3. The number of thiophene rings is 1. The van der Waals surface area contributed by atoms with Gasteiger partial charge in [-0.15, -0.1) is 11.3 Å². The second-order valence-electron chi connectivity index (χ2n) is 8.26. The number of hydrogen-bond acceptors (Lipinski definition) is 5. The van der Waals surface area contributed by atoms with E-state index in [0.717, 1.165) is 12.8 Å². The summed E-state index contributed by atoms with van der Waals surface area (Å²) in [6, 6.07) is 5.00. The quantitative estimate of drug-likeness (QED) is 0.498. The lowest BCUT2D eigenvalue weighted by Crippen LogP contribution is -2.49. The van der Waals surface area contributed by atoms with E-state index in [4.69, 9.17) is 21.1 Å². The number of nitrogens with zero attached hydrogens (tertiary/aromatic N) is 1. The standard InChI is InChI=1S/C25H31ClN2O4S/c1-5-6-20(25(30)28-11-9-22-18(15-28)10-12-33-22)27-23(29)8-7-17-13-19(26)24(32-16(2)3)21(14-17)31-4/h7-8,10,12-14,16,20H,5-6,9,11,15H2,1-4H3,(H,27,29). The molecule has 3 rings (SSSR count). The van der Waals surface area contributed by atoms with E-state index in [0.29, 0.717) is 41.6 Å². The molecule has 33 heavy (non-hydrogen) atoms. The molecule has 0 fully saturated rings. The average molecular weight is 491 g/mol. The molecule has 1 aliphatic heterocycles. The lowest BCUT2D eigenvalue weighted by molar-refractivity contribution is -0.136. The summed E-state index contributed by atoms with van der Waals surface area (Å²) >= 11 is 8.10. The molecule has 0 aliphatic carbocycles. The molecule has 2 heterocycles. The Morgan fingerprint density at radius 1 is 1.33 bits per heavy atom. The van der Waals surface area contributed by atoms with E-state index in [1.807, 2.05) is 25.7 Å². The van der Waals surface area contributed by atoms with Crippen molar-refractivity contribution in [3.63, 3.8) is 0 Å². The molecule has 178 valence electrons. The third-order valence-electron chi connectivity index (χ3n) is 5.34. The molecule has 1 unspecified atom stereocenters. The van der Waals surface area contributed by atoms with E-state index in [1.54, 1.807) is 36.7 Å². The van der Waals surface area contributed by atoms with Crippen LogP contribution >= 0.6 is 22.9 Å². The number of methoxy groups -OCH3 is 1. The molecule has 0 saturated carbocycles. The van der Waals surface area contributed by atoms with Crippen LogP contribution in [0.3, 0.4) is 0 Å². The maximum atomic E-state index is 13.1. The molecular formula is C25H31ClN2O4S. The Bertz CT molecular complexity index is 1020. The number of ether oxygens (including phenoxy) is 2. The van der Waals surface area contributed by atoms with Crippen LogP contribution in [0.5, 0.6) is 11.5 Å². The molecule has 1 atom stereocenters. The molecule has 1 N–H and O–H groups in total. The van der Waals surface area contributed by atoms with Crippen LogP contribution in [-0.4, -0.2) is 42.5 Å². The minimum atomic E-state index is -0.549. The number of amides is 2. The Hall–Kier alpha value is -2.51. The van der Waals surface area contributed by atoms with E-state index in [2.05, 4.69) is 16.8 Å². The van der Waals surface area contributed by atoms with Gasteiger partial charge in [0.2, 0.25) is 11.8 Å². The predicted octanol–water partition coefficient (Wildman–Crippen LogP) is 5.08. The SMILES string of the molecule is CCCC(NC(=O)C=Cc1cc(Cl)c(OC(C)C)c(OC)c1)C(=O)N1CCc2sccc2C1. The van der Waals surface area contributed by atoms with Crippen LogP contribution in [-0.2, 0) is 22.6 Å². The molecule has 2 aromatic rings. The first-order valence-corrected chi connectivity index (χ1v) is 12.4. The van der Waals surface area contributed by atoms with Crippen molar-refractivity contribution in [2.24, 2.45) is 0 Å². The van der Waals surface area contributed by atoms with Gasteiger partial charge in [0.1, 0.15) is 6.04 Å². The smallest absolute Gasteiger partial charge is 0.245 e. The second kappa shape index (κ2) is 11.6. The van der Waals surface area contributed by atoms with Gasteiger partial charge >= 0.3 is 0 Å². The summed E-state index contributed by atoms with van der Waals surface area (Å²) in [7, 11) is 1.54. The number of benzene rings is 1. The monoisotopic (exact) mass is 490 g/mol. The van der Waals surface area contributed by atoms with Gasteiger partial charge < -0.3 is 19.7 Å². The summed E-state index contributed by atoms with van der Waals surface area (Å²) in [5, 5.41) is 5.35. The van der Waals surface area contributed by atoms with Crippen molar-refractivity contribution in [1.29, 1.82) is 0 Å². The number of carbonyl (C=O) groups is 2. The van der Waals surface area contributed by atoms with Gasteiger partial charge in [-0.1, -0.05) is 24.9 Å². The molecule has 0 saturated heterocycles. The molecule has 0 bridgehead atoms. The third-order valence-corrected chi connectivity index (χ3v) is 6.65. The van der Waals surface area contributed by atoms with Crippen LogP contribution in [0.4, 0.5) is 0 Å². The van der Waals surface area contributed by atoms with Crippen LogP contribution in [0.1, 0.15) is 49.6 Å². The molecule has 1 aliphatic rings. The van der Waals surface area contributed by atoms with Crippen molar-refractivity contribution in [3.05, 3.63) is 50.7 Å². The first kappa shape index (κ1) is 25.1. The highest BCUT2D eigenvalue weighted by molar-refractivity contribution is 7.10. The average Bonchev–Trinajstić information content (AvgIpc) is 3.26. The summed E-state index contributed by atoms with van der Waals surface area (Å²) < 4.78 is 11.1. The lowest BCUT2D eigenvalue weighted by atomic mass is 10.1. The van der Waals surface area contributed by atoms with E-state index in [9.17, 15) is 9.59 Å². The summed E-state index contributed by atoms with van der Waals surface area (Å²) in [5.74, 6) is 0.607. The molecule has 8 heteroatoms. The zero-order valence-electron chi connectivity index (χ0n) is 19.5. The first-order valence-electron chi connectivity index (χ1n) is 11.2. The van der Waals surface area contributed by atoms with E-state index >= 15 is 0 Å². The first-order chi connectivity index (χ1) is 15.8. The molecule has 0 radical (unpaired) electrons. The van der Waals surface area contributed by atoms with Crippen molar-refractivity contribution in [2.45, 2.75) is 58.7 Å². The van der Waals surface area contributed by atoms with Gasteiger partial charge in [-0.2, -0.15) is 0 Å². The van der Waals surface area contributed by atoms with Crippen molar-refractivity contribution >= 4 is 40.8 Å². The van der Waals surface area contributed by atoms with Gasteiger partial charge in [0.25, 0.3) is 0 Å². The number of hydrogen-bond donors (Lipinski definition) is 1. The predicted molar refractivity (Wildman–Crippen MR) is 133 cm³/mol. The fourth-order valence-electron chi connectivity index (χ4n) is 3.78. The van der Waals surface area contributed by atoms with Gasteiger partial charge in [-0.05, 0) is 67.5 Å². The summed E-state index contributed by atoms with van der Waals surface area (Å²) in [5.41, 5.74) is 1.90. The highest BCUT2D eigenvalue weighted by atomic mass is 35.5. The minimum Gasteiger partial charge on any atom is -0.493 e. The molecule has 0 spiro atoms. The maximum Gasteiger partial charge on any atom is 0.245 e. The van der Waals surface area contributed by atoms with Gasteiger partial charge in [0.05, 0.1) is 18.2 Å². The van der Waals surface area contributed by atoms with E-state index in [-0.39, 0.29) is 17.9 Å². The highest BCUT2D eigenvalue weighted by Crippen LogP contribution is 2.37. The zero-order chi connectivity index (χ0) is 24.0. The Morgan fingerprint density at radius 3 is 2.82 bits per heavy atom. The Balaban J connectivity index is 1.67. The fourth-order valence-corrected chi connectivity index (χ4v) is 4.93. The van der Waals surface area contributed by atoms with Gasteiger partial charge in [0.15, 0.2) is 11.5 Å². The topological polar surface area (TPSA) is 67.9 Å². The van der Waals surface area contributed by atoms with E-state index in [1.165, 1.54) is 16.5 Å². The van der Waals surface area contributed by atoms with Crippen LogP contribution in [0, 0.1) is 0 Å². The second-order valence-corrected chi connectivity index (χ2v) is 9.67. The summed E-state index contributed by atoms with van der Waals surface area (Å²) in [4.78, 5) is 29.0. The zero-order valence-corrected chi connectivity index (χ0v) is 21.1. The van der Waals surface area contributed by atoms with Crippen LogP contribution in [0.25, 0.3) is 6.08 Å². The van der Waals surface area contributed by atoms with Crippen LogP contribution < -0.4 is 14.8 Å². The van der Waals surface area contributed by atoms with E-state index < -0.39 is 6.04 Å². The van der Waals surface area contributed by atoms with Crippen molar-refractivity contribution in [3.8, 4) is 11.5 Å². The molecule has 1 aromatic carbocycles. The number of halogens is 1. The summed E-state index contributed by atoms with van der Waals surface area (Å²) in [6.07, 6.45) is 5.26. The maximum absolute atomic E-state index is 13.1. The largest absolute Gasteiger partial charge is 0.493 e. The van der Waals surface area contributed by atoms with Crippen molar-refractivity contribution in [1.82, 2.24) is 10.2 Å². The van der Waals surface area contributed by atoms with Crippen LogP contribution in [0.2, 0.25) is 5.02 Å². The third kappa shape index (κ3) is 6.51. The number of fused-ring (bicyclic) bond motifs is 1. The van der Waals surface area contributed by atoms with Gasteiger partial charge in [0, 0.05) is 24.0 Å². The Labute approximate surface area is 204 Å². The Kier molecular flexibility index (Phi) is 8.80. The molecular weight excluding hydrogens is 460 g/mol. The van der Waals surface area contributed by atoms with Gasteiger partial charge in [-0.3, -0.25) is 9.59 Å². The molecule has 2 amide bonds. The van der Waals surface area contributed by atoms with Crippen molar-refractivity contribution < 1.29 is 19.1 Å². The minimum absolute atomic E-state index is 0.0321. The molecule has 6 nitrogen and oxygen atoms in total. The van der Waals surface area contributed by atoms with Crippen LogP contribution in [0.15, 0.2) is 29.7 Å². The number of rotatable bonds is 9.